The molecule has 2 unspecified atom stereocenters. The van der Waals surface area contributed by atoms with Gasteiger partial charge in [-0.3, -0.25) is 5.84 Å². The predicted molar refractivity (Wildman–Crippen MR) is 81.1 cm³/mol. The van der Waals surface area contributed by atoms with Gasteiger partial charge in [-0.25, -0.2) is 5.43 Å². The van der Waals surface area contributed by atoms with Crippen LogP contribution in [0.2, 0.25) is 0 Å². The average molecular weight is 276 g/mol. The molecule has 1 aromatic heterocycles. The molecule has 102 valence electrons. The highest BCUT2D eigenvalue weighted by atomic mass is 32.2. The molecule has 1 saturated heterocycles. The lowest BCUT2D eigenvalue weighted by Crippen LogP contribution is -2.41. The zero-order valence-electron chi connectivity index (χ0n) is 11.4. The number of nitrogens with one attached hydrogen (secondary N) is 1. The Labute approximate surface area is 117 Å². The molecule has 0 radical (unpaired) electrons. The molecule has 0 bridgehead atoms. The van der Waals surface area contributed by atoms with Crippen molar-refractivity contribution in [2.45, 2.75) is 37.5 Å². The lowest BCUT2D eigenvalue weighted by Gasteiger charge is -2.31. The van der Waals surface area contributed by atoms with Crippen molar-refractivity contribution in [3.8, 4) is 0 Å². The van der Waals surface area contributed by atoms with Crippen LogP contribution < -0.4 is 11.3 Å². The van der Waals surface area contributed by atoms with E-state index in [4.69, 9.17) is 10.3 Å². The minimum Gasteiger partial charge on any atom is -0.459 e. The third kappa shape index (κ3) is 2.29. The molecule has 3 nitrogen and oxygen atoms in total. The van der Waals surface area contributed by atoms with Gasteiger partial charge < -0.3 is 4.42 Å². The van der Waals surface area contributed by atoms with Crippen molar-refractivity contribution in [1.29, 1.82) is 0 Å². The molecule has 1 aliphatic rings. The Bertz CT molecular complexity index is 587. The number of benzene rings is 1. The van der Waals surface area contributed by atoms with E-state index in [1.165, 1.54) is 24.2 Å². The molecule has 2 atom stereocenters. The van der Waals surface area contributed by atoms with E-state index in [0.29, 0.717) is 0 Å². The van der Waals surface area contributed by atoms with Gasteiger partial charge in [0, 0.05) is 10.1 Å². The molecule has 19 heavy (non-hydrogen) atoms. The number of fused-ring (bicyclic) bond motifs is 1. The van der Waals surface area contributed by atoms with Crippen molar-refractivity contribution < 1.29 is 4.42 Å². The Morgan fingerprint density at radius 3 is 2.95 bits per heavy atom. The third-order valence-electron chi connectivity index (χ3n) is 4.00. The minimum atomic E-state index is 0.0627. The smallest absolute Gasteiger partial charge is 0.134 e. The predicted octanol–water partition coefficient (Wildman–Crippen LogP) is 3.53. The summed E-state index contributed by atoms with van der Waals surface area (Å²) in [7, 11) is 0. The van der Waals surface area contributed by atoms with Crippen LogP contribution in [0.3, 0.4) is 0 Å². The maximum Gasteiger partial charge on any atom is 0.134 e. The van der Waals surface area contributed by atoms with Crippen LogP contribution in [0.25, 0.3) is 11.0 Å². The van der Waals surface area contributed by atoms with E-state index in [2.05, 4.69) is 37.5 Å². The van der Waals surface area contributed by atoms with Crippen molar-refractivity contribution in [3.05, 3.63) is 35.6 Å². The third-order valence-corrected chi connectivity index (χ3v) is 5.59. The van der Waals surface area contributed by atoms with Crippen LogP contribution in [0.5, 0.6) is 0 Å². The van der Waals surface area contributed by atoms with Gasteiger partial charge in [-0.05, 0) is 50.6 Å². The number of hydrazine groups is 1. The highest BCUT2D eigenvalue weighted by Crippen LogP contribution is 2.47. The van der Waals surface area contributed by atoms with Gasteiger partial charge in [-0.15, -0.1) is 0 Å². The monoisotopic (exact) mass is 276 g/mol. The van der Waals surface area contributed by atoms with E-state index in [1.807, 2.05) is 17.8 Å². The van der Waals surface area contributed by atoms with Crippen molar-refractivity contribution >= 4 is 22.7 Å². The van der Waals surface area contributed by atoms with Crippen LogP contribution in [0, 0.1) is 6.92 Å². The molecule has 0 aliphatic carbocycles. The van der Waals surface area contributed by atoms with E-state index in [-0.39, 0.29) is 10.8 Å². The van der Waals surface area contributed by atoms with Gasteiger partial charge in [0.15, 0.2) is 0 Å². The van der Waals surface area contributed by atoms with E-state index in [0.717, 1.165) is 16.7 Å². The topological polar surface area (TPSA) is 51.2 Å². The summed E-state index contributed by atoms with van der Waals surface area (Å²) in [4.78, 5) is 0. The largest absolute Gasteiger partial charge is 0.459 e. The van der Waals surface area contributed by atoms with E-state index < -0.39 is 0 Å². The zero-order chi connectivity index (χ0) is 13.5. The van der Waals surface area contributed by atoms with Crippen molar-refractivity contribution in [1.82, 2.24) is 5.43 Å². The number of nitrogens with two attached hydrogens (primary N) is 1. The molecule has 0 spiro atoms. The fourth-order valence-electron chi connectivity index (χ4n) is 2.91. The first-order valence-electron chi connectivity index (χ1n) is 6.72. The number of hydrogen-bond donors (Lipinski definition) is 2. The number of thioether (sulfide) groups is 1. The standard InChI is InChI=1S/C15H20N2OS/c1-10-4-5-12-11(8-10)9-13(18-12)14(17-16)15(2)6-3-7-19-15/h4-5,8-9,14,17H,3,6-7,16H2,1-2H3. The molecule has 0 saturated carbocycles. The maximum atomic E-state index is 6.00. The van der Waals surface area contributed by atoms with Gasteiger partial charge in [0.1, 0.15) is 11.3 Å². The number of aryl methyl sites for hydroxylation is 1. The quantitative estimate of drug-likeness (QED) is 0.665. The lowest BCUT2D eigenvalue weighted by atomic mass is 9.94. The number of hydrogen-bond acceptors (Lipinski definition) is 4. The van der Waals surface area contributed by atoms with E-state index in [9.17, 15) is 0 Å². The van der Waals surface area contributed by atoms with Crippen LogP contribution in [-0.2, 0) is 0 Å². The van der Waals surface area contributed by atoms with Gasteiger partial charge >= 0.3 is 0 Å². The van der Waals surface area contributed by atoms with Gasteiger partial charge in [0.05, 0.1) is 6.04 Å². The second kappa shape index (κ2) is 4.85. The van der Waals surface area contributed by atoms with Crippen LogP contribution in [0.15, 0.2) is 28.7 Å². The van der Waals surface area contributed by atoms with Crippen molar-refractivity contribution in [3.63, 3.8) is 0 Å². The molecule has 4 heteroatoms. The Kier molecular flexibility index (Phi) is 3.33. The summed E-state index contributed by atoms with van der Waals surface area (Å²) in [5.41, 5.74) is 5.15. The number of furan rings is 1. The Hall–Kier alpha value is -0.970. The summed E-state index contributed by atoms with van der Waals surface area (Å²) in [6.45, 7) is 4.37. The zero-order valence-corrected chi connectivity index (χ0v) is 12.2. The fourth-order valence-corrected chi connectivity index (χ4v) is 4.31. The Morgan fingerprint density at radius 1 is 1.42 bits per heavy atom. The molecule has 3 rings (SSSR count). The Balaban J connectivity index is 2.01. The van der Waals surface area contributed by atoms with E-state index >= 15 is 0 Å². The maximum absolute atomic E-state index is 6.00. The molecule has 0 amide bonds. The van der Waals surface area contributed by atoms with Crippen LogP contribution in [0.4, 0.5) is 0 Å². The first kappa shape index (κ1) is 13.0. The summed E-state index contributed by atoms with van der Waals surface area (Å²) >= 11 is 1.98. The normalized spacial score (nSPS) is 25.0. The summed E-state index contributed by atoms with van der Waals surface area (Å²) in [6.07, 6.45) is 2.42. The summed E-state index contributed by atoms with van der Waals surface area (Å²) < 4.78 is 6.12. The molecule has 2 heterocycles. The molecule has 2 aromatic rings. The minimum absolute atomic E-state index is 0.0627. The van der Waals surface area contributed by atoms with Gasteiger partial charge in [-0.1, -0.05) is 11.6 Å². The van der Waals surface area contributed by atoms with Crippen LogP contribution in [0.1, 0.15) is 37.1 Å². The summed E-state index contributed by atoms with van der Waals surface area (Å²) in [5, 5.41) is 1.15. The summed E-state index contributed by atoms with van der Waals surface area (Å²) in [6, 6.07) is 8.45. The first-order chi connectivity index (χ1) is 9.12. The Morgan fingerprint density at radius 2 is 2.26 bits per heavy atom. The molecule has 1 aliphatic heterocycles. The van der Waals surface area contributed by atoms with Gasteiger partial charge in [0.2, 0.25) is 0 Å². The molecular formula is C15H20N2OS. The van der Waals surface area contributed by atoms with Gasteiger partial charge in [0.25, 0.3) is 0 Å². The van der Waals surface area contributed by atoms with Crippen LogP contribution >= 0.6 is 11.8 Å². The van der Waals surface area contributed by atoms with E-state index in [1.54, 1.807) is 0 Å². The number of rotatable bonds is 3. The lowest BCUT2D eigenvalue weighted by molar-refractivity contribution is 0.359. The first-order valence-corrected chi connectivity index (χ1v) is 7.71. The molecular weight excluding hydrogens is 256 g/mol. The highest BCUT2D eigenvalue weighted by Gasteiger charge is 2.40. The van der Waals surface area contributed by atoms with Crippen molar-refractivity contribution in [2.75, 3.05) is 5.75 Å². The second-order valence-electron chi connectivity index (χ2n) is 5.55. The van der Waals surface area contributed by atoms with Crippen molar-refractivity contribution in [2.24, 2.45) is 5.84 Å². The SMILES string of the molecule is Cc1ccc2oc(C(NN)C3(C)CCCS3)cc2c1. The second-order valence-corrected chi connectivity index (χ2v) is 7.18. The highest BCUT2D eigenvalue weighted by molar-refractivity contribution is 8.00. The fraction of sp³-hybridized carbons (Fsp3) is 0.467. The van der Waals surface area contributed by atoms with Gasteiger partial charge in [-0.2, -0.15) is 11.8 Å². The van der Waals surface area contributed by atoms with Crippen LogP contribution in [-0.4, -0.2) is 10.5 Å². The average Bonchev–Trinajstić information content (AvgIpc) is 2.96. The summed E-state index contributed by atoms with van der Waals surface area (Å²) in [5.74, 6) is 7.95. The molecule has 1 fully saturated rings. The molecule has 1 aromatic carbocycles. The molecule has 3 N–H and O–H groups in total.